The third-order valence-electron chi connectivity index (χ3n) is 1.58. The van der Waals surface area contributed by atoms with Crippen molar-refractivity contribution >= 4 is 0 Å². The Morgan fingerprint density at radius 3 is 2.82 bits per heavy atom. The molecular formula is C8H11NO2. The van der Waals surface area contributed by atoms with E-state index in [4.69, 9.17) is 0 Å². The molecule has 1 aromatic heterocycles. The molecule has 60 valence electrons. The third kappa shape index (κ3) is 1.91. The zero-order valence-electron chi connectivity index (χ0n) is 6.37. The Labute approximate surface area is 64.7 Å². The lowest BCUT2D eigenvalue weighted by atomic mass is 10.1. The van der Waals surface area contributed by atoms with Crippen LogP contribution in [0.5, 0.6) is 0 Å². The van der Waals surface area contributed by atoms with Crippen LogP contribution in [-0.2, 0) is 0 Å². The summed E-state index contributed by atoms with van der Waals surface area (Å²) in [6.07, 6.45) is 1.73. The number of H-pyrrole nitrogens is 1. The van der Waals surface area contributed by atoms with E-state index in [2.05, 4.69) is 4.98 Å². The topological polar surface area (TPSA) is 53.1 Å². The second kappa shape index (κ2) is 3.34. The number of hydrogen-bond donors (Lipinski definition) is 2. The Balaban J connectivity index is 2.89. The van der Waals surface area contributed by atoms with Gasteiger partial charge in [0, 0.05) is 12.3 Å². The summed E-state index contributed by atoms with van der Waals surface area (Å²) in [5.74, 6) is 0. The fourth-order valence-electron chi connectivity index (χ4n) is 0.866. The molecule has 0 bridgehead atoms. The van der Waals surface area contributed by atoms with Crippen LogP contribution in [0.15, 0.2) is 23.1 Å². The Morgan fingerprint density at radius 2 is 2.36 bits per heavy atom. The Hall–Kier alpha value is -1.09. The first kappa shape index (κ1) is 8.01. The average Bonchev–Trinajstić information content (AvgIpc) is 2.05. The van der Waals surface area contributed by atoms with Crippen LogP contribution in [0.3, 0.4) is 0 Å². The molecule has 3 heteroatoms. The molecule has 1 atom stereocenters. The highest BCUT2D eigenvalue weighted by atomic mass is 16.3. The van der Waals surface area contributed by atoms with Crippen LogP contribution in [0.25, 0.3) is 0 Å². The molecule has 0 saturated heterocycles. The lowest BCUT2D eigenvalue weighted by molar-refractivity contribution is 0.173. The molecule has 1 aromatic rings. The molecule has 0 spiro atoms. The highest BCUT2D eigenvalue weighted by Crippen LogP contribution is 2.12. The van der Waals surface area contributed by atoms with Crippen LogP contribution in [0, 0.1) is 0 Å². The smallest absolute Gasteiger partial charge is 0.247 e. The minimum atomic E-state index is -0.466. The van der Waals surface area contributed by atoms with Gasteiger partial charge in [-0.25, -0.2) is 0 Å². The number of rotatable bonds is 2. The standard InChI is InChI=1S/C8H11NO2/c1-2-7(10)6-3-4-8(11)9-5-6/h3-5,7,10H,2H2,1H3,(H,9,11). The molecule has 0 aliphatic heterocycles. The van der Waals surface area contributed by atoms with Crippen LogP contribution in [0.2, 0.25) is 0 Å². The van der Waals surface area contributed by atoms with Crippen molar-refractivity contribution in [3.05, 3.63) is 34.2 Å². The van der Waals surface area contributed by atoms with Gasteiger partial charge in [0.1, 0.15) is 0 Å². The van der Waals surface area contributed by atoms with Crippen LogP contribution in [-0.4, -0.2) is 10.1 Å². The number of pyridine rings is 1. The molecule has 0 amide bonds. The predicted molar refractivity (Wildman–Crippen MR) is 42.3 cm³/mol. The quantitative estimate of drug-likeness (QED) is 0.660. The Kier molecular flexibility index (Phi) is 2.44. The van der Waals surface area contributed by atoms with Crippen molar-refractivity contribution in [1.82, 2.24) is 4.98 Å². The first-order valence-corrected chi connectivity index (χ1v) is 3.60. The molecule has 0 aliphatic rings. The van der Waals surface area contributed by atoms with Gasteiger partial charge in [-0.15, -0.1) is 0 Å². The molecule has 3 nitrogen and oxygen atoms in total. The first-order chi connectivity index (χ1) is 5.24. The summed E-state index contributed by atoms with van der Waals surface area (Å²) < 4.78 is 0. The summed E-state index contributed by atoms with van der Waals surface area (Å²) in [6, 6.07) is 3.04. The molecular weight excluding hydrogens is 142 g/mol. The molecule has 1 heterocycles. The van der Waals surface area contributed by atoms with Gasteiger partial charge in [-0.3, -0.25) is 4.79 Å². The van der Waals surface area contributed by atoms with Crippen LogP contribution in [0.4, 0.5) is 0 Å². The van der Waals surface area contributed by atoms with E-state index < -0.39 is 6.10 Å². The van der Waals surface area contributed by atoms with E-state index in [-0.39, 0.29) is 5.56 Å². The average molecular weight is 153 g/mol. The van der Waals surface area contributed by atoms with Crippen molar-refractivity contribution in [2.24, 2.45) is 0 Å². The minimum absolute atomic E-state index is 0.142. The zero-order chi connectivity index (χ0) is 8.27. The van der Waals surface area contributed by atoms with Gasteiger partial charge in [0.15, 0.2) is 0 Å². The molecule has 0 aromatic carbocycles. The summed E-state index contributed by atoms with van der Waals surface area (Å²) in [5.41, 5.74) is 0.615. The van der Waals surface area contributed by atoms with Gasteiger partial charge in [0.05, 0.1) is 6.10 Å². The molecule has 0 fully saturated rings. The fraction of sp³-hybridized carbons (Fsp3) is 0.375. The molecule has 1 rings (SSSR count). The number of aliphatic hydroxyl groups excluding tert-OH is 1. The maximum atomic E-state index is 10.6. The lowest BCUT2D eigenvalue weighted by Crippen LogP contribution is -2.05. The number of aromatic amines is 1. The summed E-state index contributed by atoms with van der Waals surface area (Å²) in [5, 5.41) is 9.30. The monoisotopic (exact) mass is 153 g/mol. The SMILES string of the molecule is CCC(O)c1ccc(=O)[nH]c1. The highest BCUT2D eigenvalue weighted by Gasteiger charge is 2.02. The van der Waals surface area contributed by atoms with E-state index >= 15 is 0 Å². The van der Waals surface area contributed by atoms with Crippen molar-refractivity contribution in [3.8, 4) is 0 Å². The van der Waals surface area contributed by atoms with E-state index in [0.29, 0.717) is 6.42 Å². The molecule has 0 saturated carbocycles. The van der Waals surface area contributed by atoms with E-state index in [1.165, 1.54) is 12.3 Å². The molecule has 0 radical (unpaired) electrons. The zero-order valence-corrected chi connectivity index (χ0v) is 6.37. The number of hydrogen-bond acceptors (Lipinski definition) is 2. The molecule has 1 unspecified atom stereocenters. The third-order valence-corrected chi connectivity index (χ3v) is 1.58. The first-order valence-electron chi connectivity index (χ1n) is 3.60. The second-order valence-electron chi connectivity index (χ2n) is 2.41. The van der Waals surface area contributed by atoms with Crippen LogP contribution < -0.4 is 5.56 Å². The van der Waals surface area contributed by atoms with Gasteiger partial charge in [0.2, 0.25) is 5.56 Å². The summed E-state index contributed by atoms with van der Waals surface area (Å²) >= 11 is 0. The summed E-state index contributed by atoms with van der Waals surface area (Å²) in [4.78, 5) is 13.1. The van der Waals surface area contributed by atoms with Crippen LogP contribution >= 0.6 is 0 Å². The molecule has 2 N–H and O–H groups in total. The Morgan fingerprint density at radius 1 is 1.64 bits per heavy atom. The maximum Gasteiger partial charge on any atom is 0.247 e. The fourth-order valence-corrected chi connectivity index (χ4v) is 0.866. The lowest BCUT2D eigenvalue weighted by Gasteiger charge is -2.05. The van der Waals surface area contributed by atoms with E-state index in [1.54, 1.807) is 6.07 Å². The van der Waals surface area contributed by atoms with Crippen molar-refractivity contribution in [2.75, 3.05) is 0 Å². The van der Waals surface area contributed by atoms with Gasteiger partial charge < -0.3 is 10.1 Å². The maximum absolute atomic E-state index is 10.6. The summed E-state index contributed by atoms with van der Waals surface area (Å²) in [7, 11) is 0. The highest BCUT2D eigenvalue weighted by molar-refractivity contribution is 5.11. The Bertz CT molecular complexity index is 259. The molecule has 0 aliphatic carbocycles. The largest absolute Gasteiger partial charge is 0.388 e. The second-order valence-corrected chi connectivity index (χ2v) is 2.41. The van der Waals surface area contributed by atoms with E-state index in [9.17, 15) is 9.90 Å². The molecule has 11 heavy (non-hydrogen) atoms. The van der Waals surface area contributed by atoms with Crippen molar-refractivity contribution in [3.63, 3.8) is 0 Å². The van der Waals surface area contributed by atoms with Crippen molar-refractivity contribution in [1.29, 1.82) is 0 Å². The van der Waals surface area contributed by atoms with Crippen molar-refractivity contribution in [2.45, 2.75) is 19.4 Å². The van der Waals surface area contributed by atoms with Gasteiger partial charge >= 0.3 is 0 Å². The van der Waals surface area contributed by atoms with E-state index in [1.807, 2.05) is 6.92 Å². The van der Waals surface area contributed by atoms with Crippen molar-refractivity contribution < 1.29 is 5.11 Å². The van der Waals surface area contributed by atoms with E-state index in [0.717, 1.165) is 5.56 Å². The van der Waals surface area contributed by atoms with Gasteiger partial charge in [-0.2, -0.15) is 0 Å². The summed E-state index contributed by atoms with van der Waals surface area (Å²) in [6.45, 7) is 1.88. The van der Waals surface area contributed by atoms with Gasteiger partial charge in [0.25, 0.3) is 0 Å². The normalized spacial score (nSPS) is 12.9. The predicted octanol–water partition coefficient (Wildman–Crippen LogP) is 0.818. The number of nitrogens with one attached hydrogen (secondary N) is 1. The van der Waals surface area contributed by atoms with Gasteiger partial charge in [-0.05, 0) is 18.1 Å². The number of aromatic nitrogens is 1. The van der Waals surface area contributed by atoms with Gasteiger partial charge in [-0.1, -0.05) is 6.92 Å². The number of aliphatic hydroxyl groups is 1. The minimum Gasteiger partial charge on any atom is -0.388 e. The van der Waals surface area contributed by atoms with Crippen LogP contribution in [0.1, 0.15) is 25.0 Å².